The summed E-state index contributed by atoms with van der Waals surface area (Å²) in [6.07, 6.45) is 2.12. The summed E-state index contributed by atoms with van der Waals surface area (Å²) in [6, 6.07) is 14.2. The van der Waals surface area contributed by atoms with Crippen LogP contribution in [0.3, 0.4) is 0 Å². The molecule has 152 valence electrons. The lowest BCUT2D eigenvalue weighted by Gasteiger charge is -2.33. The fourth-order valence-corrected chi connectivity index (χ4v) is 3.88. The predicted octanol–water partition coefficient (Wildman–Crippen LogP) is 2.64. The third kappa shape index (κ3) is 4.41. The van der Waals surface area contributed by atoms with Gasteiger partial charge in [-0.1, -0.05) is 24.3 Å². The molecule has 0 unspecified atom stereocenters. The molecule has 3 heterocycles. The molecule has 0 atom stereocenters. The highest BCUT2D eigenvalue weighted by Gasteiger charge is 2.20. The van der Waals surface area contributed by atoms with E-state index in [1.165, 1.54) is 0 Å². The van der Waals surface area contributed by atoms with Crippen LogP contribution in [-0.4, -0.2) is 48.1 Å². The Kier molecular flexibility index (Phi) is 5.78. The van der Waals surface area contributed by atoms with Gasteiger partial charge in [0.1, 0.15) is 17.3 Å². The lowest BCUT2D eigenvalue weighted by molar-refractivity contribution is 0.102. The van der Waals surface area contributed by atoms with E-state index in [1.54, 1.807) is 0 Å². The van der Waals surface area contributed by atoms with E-state index >= 15 is 0 Å². The van der Waals surface area contributed by atoms with Crippen molar-refractivity contribution in [1.82, 2.24) is 15.3 Å². The van der Waals surface area contributed by atoms with Gasteiger partial charge in [0.15, 0.2) is 0 Å². The second-order valence-electron chi connectivity index (χ2n) is 7.56. The molecule has 0 saturated carbocycles. The number of rotatable bonds is 6. The summed E-state index contributed by atoms with van der Waals surface area (Å²) in [5, 5.41) is 7.43. The van der Waals surface area contributed by atoms with Crippen LogP contribution in [0, 0.1) is 6.92 Å². The van der Waals surface area contributed by atoms with E-state index in [0.29, 0.717) is 24.1 Å². The largest absolute Gasteiger partial charge is 0.356 e. The number of carbonyl (C=O) groups excluding carboxylic acids is 1. The van der Waals surface area contributed by atoms with Gasteiger partial charge in [0.25, 0.3) is 5.91 Å². The Morgan fingerprint density at radius 3 is 2.79 bits per heavy atom. The van der Waals surface area contributed by atoms with Gasteiger partial charge in [-0.3, -0.25) is 4.79 Å². The van der Waals surface area contributed by atoms with E-state index in [-0.39, 0.29) is 5.91 Å². The van der Waals surface area contributed by atoms with Crippen LogP contribution >= 0.6 is 0 Å². The van der Waals surface area contributed by atoms with Gasteiger partial charge in [-0.2, -0.15) is 0 Å². The second kappa shape index (κ2) is 8.63. The molecule has 7 nitrogen and oxygen atoms in total. The van der Waals surface area contributed by atoms with Gasteiger partial charge >= 0.3 is 0 Å². The summed E-state index contributed by atoms with van der Waals surface area (Å²) in [6.45, 7) is 5.43. The fraction of sp³-hybridized carbons (Fsp3) is 0.364. The van der Waals surface area contributed by atoms with Crippen molar-refractivity contribution >= 4 is 28.4 Å². The van der Waals surface area contributed by atoms with Crippen LogP contribution < -0.4 is 21.3 Å². The first-order chi connectivity index (χ1) is 14.1. The average Bonchev–Trinajstić information content (AvgIpc) is 3.19. The number of anilines is 2. The number of H-pyrrole nitrogens is 1. The maximum atomic E-state index is 12.7. The number of para-hydroxylation sites is 1. The fourth-order valence-electron chi connectivity index (χ4n) is 3.88. The van der Waals surface area contributed by atoms with Crippen molar-refractivity contribution in [2.24, 2.45) is 5.73 Å². The van der Waals surface area contributed by atoms with Crippen LogP contribution in [0.5, 0.6) is 0 Å². The number of aromatic nitrogens is 2. The Hall–Kier alpha value is -2.90. The number of nitrogens with one attached hydrogen (secondary N) is 3. The molecular formula is C22H28N6O. The minimum absolute atomic E-state index is 0.185. The molecule has 1 aromatic carbocycles. The highest BCUT2D eigenvalue weighted by Crippen LogP contribution is 2.22. The van der Waals surface area contributed by atoms with E-state index < -0.39 is 0 Å². The number of amides is 1. The van der Waals surface area contributed by atoms with E-state index in [9.17, 15) is 4.79 Å². The first-order valence-electron chi connectivity index (χ1n) is 10.2. The van der Waals surface area contributed by atoms with Crippen LogP contribution in [0.15, 0.2) is 42.5 Å². The Bertz CT molecular complexity index is 990. The molecular weight excluding hydrogens is 364 g/mol. The number of aryl methyl sites for hydroxylation is 1. The van der Waals surface area contributed by atoms with Gasteiger partial charge in [-0.05, 0) is 43.5 Å². The molecule has 1 fully saturated rings. The smallest absolute Gasteiger partial charge is 0.273 e. The maximum Gasteiger partial charge on any atom is 0.273 e. The molecule has 3 aromatic rings. The number of nitrogens with two attached hydrogens (primary N) is 1. The molecule has 29 heavy (non-hydrogen) atoms. The van der Waals surface area contributed by atoms with Crippen molar-refractivity contribution in [3.8, 4) is 0 Å². The zero-order valence-corrected chi connectivity index (χ0v) is 16.7. The topological polar surface area (TPSA) is 99.1 Å². The van der Waals surface area contributed by atoms with Gasteiger partial charge in [-0.25, -0.2) is 4.98 Å². The zero-order chi connectivity index (χ0) is 20.2. The van der Waals surface area contributed by atoms with Gasteiger partial charge < -0.3 is 26.3 Å². The molecule has 0 radical (unpaired) electrons. The van der Waals surface area contributed by atoms with Crippen molar-refractivity contribution in [2.45, 2.75) is 25.8 Å². The minimum atomic E-state index is -0.185. The van der Waals surface area contributed by atoms with Gasteiger partial charge in [-0.15, -0.1) is 0 Å². The van der Waals surface area contributed by atoms with Crippen LogP contribution in [0.1, 0.15) is 28.9 Å². The molecule has 0 bridgehead atoms. The van der Waals surface area contributed by atoms with Crippen molar-refractivity contribution in [3.05, 3.63) is 53.7 Å². The Morgan fingerprint density at radius 1 is 1.24 bits per heavy atom. The predicted molar refractivity (Wildman–Crippen MR) is 118 cm³/mol. The number of piperidine rings is 1. The SMILES string of the molecule is Cc1cccc2cc(C(=O)Nc3cccc(N4CCC(NCCN)CC4)n3)[nH]c12. The van der Waals surface area contributed by atoms with Crippen LogP contribution in [0.4, 0.5) is 11.6 Å². The number of benzene rings is 1. The first-order valence-corrected chi connectivity index (χ1v) is 10.2. The monoisotopic (exact) mass is 392 g/mol. The molecule has 1 amide bonds. The molecule has 5 N–H and O–H groups in total. The van der Waals surface area contributed by atoms with Crippen LogP contribution in [0.2, 0.25) is 0 Å². The molecule has 1 aliphatic rings. The number of hydrogen-bond donors (Lipinski definition) is 4. The molecule has 0 aliphatic carbocycles. The Labute approximate surface area is 170 Å². The van der Waals surface area contributed by atoms with Gasteiger partial charge in [0.05, 0.1) is 0 Å². The molecule has 1 aliphatic heterocycles. The molecule has 7 heteroatoms. The summed E-state index contributed by atoms with van der Waals surface area (Å²) in [4.78, 5) is 22.9. The van der Waals surface area contributed by atoms with Crippen molar-refractivity contribution < 1.29 is 4.79 Å². The minimum Gasteiger partial charge on any atom is -0.356 e. The van der Waals surface area contributed by atoms with E-state index in [1.807, 2.05) is 49.4 Å². The molecule has 4 rings (SSSR count). The van der Waals surface area contributed by atoms with E-state index in [0.717, 1.165) is 54.8 Å². The summed E-state index contributed by atoms with van der Waals surface area (Å²) in [5.74, 6) is 1.27. The van der Waals surface area contributed by atoms with E-state index in [2.05, 4.69) is 25.5 Å². The van der Waals surface area contributed by atoms with Crippen LogP contribution in [0.25, 0.3) is 10.9 Å². The van der Waals surface area contributed by atoms with Crippen molar-refractivity contribution in [2.75, 3.05) is 36.4 Å². The molecule has 2 aromatic heterocycles. The van der Waals surface area contributed by atoms with Crippen LogP contribution in [-0.2, 0) is 0 Å². The average molecular weight is 393 g/mol. The Morgan fingerprint density at radius 2 is 2.03 bits per heavy atom. The maximum absolute atomic E-state index is 12.7. The van der Waals surface area contributed by atoms with Crippen molar-refractivity contribution in [3.63, 3.8) is 0 Å². The molecule has 1 saturated heterocycles. The number of aromatic amines is 1. The number of pyridine rings is 1. The lowest BCUT2D eigenvalue weighted by atomic mass is 10.1. The first kappa shape index (κ1) is 19.4. The lowest BCUT2D eigenvalue weighted by Crippen LogP contribution is -2.44. The highest BCUT2D eigenvalue weighted by atomic mass is 16.1. The number of fused-ring (bicyclic) bond motifs is 1. The summed E-state index contributed by atoms with van der Waals surface area (Å²) >= 11 is 0. The third-order valence-corrected chi connectivity index (χ3v) is 5.48. The summed E-state index contributed by atoms with van der Waals surface area (Å²) < 4.78 is 0. The second-order valence-corrected chi connectivity index (χ2v) is 7.56. The normalized spacial score (nSPS) is 15.0. The molecule has 0 spiro atoms. The van der Waals surface area contributed by atoms with Gasteiger partial charge in [0.2, 0.25) is 0 Å². The quantitative estimate of drug-likeness (QED) is 0.517. The Balaban J connectivity index is 1.42. The standard InChI is InChI=1S/C22H28N6O/c1-15-4-2-5-16-14-18(25-21(15)16)22(29)27-19-6-3-7-20(26-19)28-12-8-17(9-13-28)24-11-10-23/h2-7,14,17,24-25H,8-13,23H2,1H3,(H,26,27,29). The number of hydrogen-bond acceptors (Lipinski definition) is 5. The summed E-state index contributed by atoms with van der Waals surface area (Å²) in [5.41, 5.74) is 8.22. The zero-order valence-electron chi connectivity index (χ0n) is 16.7. The summed E-state index contributed by atoms with van der Waals surface area (Å²) in [7, 11) is 0. The third-order valence-electron chi connectivity index (χ3n) is 5.48. The number of carbonyl (C=O) groups is 1. The van der Waals surface area contributed by atoms with Crippen molar-refractivity contribution in [1.29, 1.82) is 0 Å². The van der Waals surface area contributed by atoms with E-state index in [4.69, 9.17) is 5.73 Å². The number of nitrogens with zero attached hydrogens (tertiary/aromatic N) is 2. The highest BCUT2D eigenvalue weighted by molar-refractivity contribution is 6.05. The van der Waals surface area contributed by atoms with Gasteiger partial charge in [0, 0.05) is 43.1 Å².